The second-order valence-corrected chi connectivity index (χ2v) is 9.21. The van der Waals surface area contributed by atoms with E-state index >= 15 is 0 Å². The van der Waals surface area contributed by atoms with Gasteiger partial charge in [0.1, 0.15) is 0 Å². The molecule has 1 N–H and O–H groups in total. The van der Waals surface area contributed by atoms with E-state index in [9.17, 15) is 9.59 Å². The highest BCUT2D eigenvalue weighted by Gasteiger charge is 2.44. The lowest BCUT2D eigenvalue weighted by molar-refractivity contribution is -0.124. The Morgan fingerprint density at radius 1 is 1.06 bits per heavy atom. The average Bonchev–Trinajstić information content (AvgIpc) is 3.44. The minimum Gasteiger partial charge on any atom is -0.493 e. The predicted molar refractivity (Wildman–Crippen MR) is 121 cm³/mol. The number of carbonyl (C=O) groups is 2. The van der Waals surface area contributed by atoms with E-state index in [-0.39, 0.29) is 23.0 Å². The Balaban J connectivity index is 1.63. The molecule has 2 aliphatic carbocycles. The molecule has 0 spiro atoms. The number of Topliss-reactive ketones (excluding diaryl/α,β-unsaturated/α-hetero) is 1. The van der Waals surface area contributed by atoms with Gasteiger partial charge >= 0.3 is 0 Å². The maximum absolute atomic E-state index is 12.3. The van der Waals surface area contributed by atoms with E-state index in [1.807, 2.05) is 39.0 Å². The number of carbonyl (C=O) groups excluding carboxylic acids is 2. The monoisotopic (exact) mass is 421 g/mol. The van der Waals surface area contributed by atoms with Gasteiger partial charge in [-0.1, -0.05) is 44.2 Å². The van der Waals surface area contributed by atoms with Gasteiger partial charge in [-0.05, 0) is 42.9 Å². The van der Waals surface area contributed by atoms with Crippen LogP contribution in [0, 0.1) is 18.3 Å². The number of benzene rings is 2. The van der Waals surface area contributed by atoms with Crippen LogP contribution in [0.1, 0.15) is 54.6 Å². The summed E-state index contributed by atoms with van der Waals surface area (Å²) in [6.45, 7) is 6.95. The maximum Gasteiger partial charge on any atom is 0.222 e. The van der Waals surface area contributed by atoms with Crippen LogP contribution in [0.15, 0.2) is 30.3 Å². The first-order valence-electron chi connectivity index (χ1n) is 11.1. The number of hydrogen-bond donors (Lipinski definition) is 1. The molecule has 2 aliphatic rings. The molecule has 1 amide bonds. The molecule has 1 fully saturated rings. The minimum atomic E-state index is -0.0249. The fourth-order valence-electron chi connectivity index (χ4n) is 4.27. The lowest BCUT2D eigenvalue weighted by Gasteiger charge is -2.22. The Morgan fingerprint density at radius 3 is 2.48 bits per heavy atom. The Morgan fingerprint density at radius 2 is 1.81 bits per heavy atom. The molecule has 4 rings (SSSR count). The van der Waals surface area contributed by atoms with E-state index in [1.165, 1.54) is 0 Å². The molecule has 0 aromatic heterocycles. The molecule has 5 nitrogen and oxygen atoms in total. The first-order valence-corrected chi connectivity index (χ1v) is 11.1. The zero-order valence-electron chi connectivity index (χ0n) is 18.8. The highest BCUT2D eigenvalue weighted by atomic mass is 16.5. The summed E-state index contributed by atoms with van der Waals surface area (Å²) in [7, 11) is 1.66. The first-order chi connectivity index (χ1) is 14.8. The van der Waals surface area contributed by atoms with Gasteiger partial charge in [0, 0.05) is 35.4 Å². The number of ether oxygens (including phenoxy) is 2. The van der Waals surface area contributed by atoms with E-state index in [2.05, 4.69) is 17.4 Å². The normalized spacial score (nSPS) is 16.2. The van der Waals surface area contributed by atoms with Crippen LogP contribution < -0.4 is 14.8 Å². The predicted octanol–water partition coefficient (Wildman–Crippen LogP) is 4.73. The van der Waals surface area contributed by atoms with E-state index in [1.54, 1.807) is 7.11 Å². The molecule has 0 unspecified atom stereocenters. The Bertz CT molecular complexity index is 1020. The largest absolute Gasteiger partial charge is 0.493 e. The molecule has 31 heavy (non-hydrogen) atoms. The molecule has 0 atom stereocenters. The van der Waals surface area contributed by atoms with Crippen molar-refractivity contribution in [2.24, 2.45) is 11.3 Å². The second-order valence-electron chi connectivity index (χ2n) is 9.21. The van der Waals surface area contributed by atoms with Gasteiger partial charge in [-0.2, -0.15) is 0 Å². The number of amides is 1. The lowest BCUT2D eigenvalue weighted by atomic mass is 9.95. The van der Waals surface area contributed by atoms with Crippen LogP contribution >= 0.6 is 0 Å². The lowest BCUT2D eigenvalue weighted by Crippen LogP contribution is -2.35. The van der Waals surface area contributed by atoms with Crippen molar-refractivity contribution in [3.63, 3.8) is 0 Å². The molecule has 0 radical (unpaired) electrons. The van der Waals surface area contributed by atoms with Crippen LogP contribution in [0.2, 0.25) is 0 Å². The minimum absolute atomic E-state index is 0.0226. The quantitative estimate of drug-likeness (QED) is 0.669. The summed E-state index contributed by atoms with van der Waals surface area (Å²) < 4.78 is 12.2. The highest BCUT2D eigenvalue weighted by Crippen LogP contribution is 2.48. The third-order valence-electron chi connectivity index (χ3n) is 6.52. The standard InChI is InChI=1S/C26H31NO4/c1-16(2)25(29)27-14-26(12-13-26)15-31-24-21(9-8-17(3)23(24)30-4)18-6-5-7-20-19(18)10-11-22(20)28/h5-9,16H,10-15H2,1-4H3,(H,27,29). The molecule has 5 heteroatoms. The summed E-state index contributed by atoms with van der Waals surface area (Å²) in [5.74, 6) is 1.70. The molecule has 0 saturated heterocycles. The van der Waals surface area contributed by atoms with Crippen molar-refractivity contribution in [2.45, 2.75) is 46.5 Å². The number of fused-ring (bicyclic) bond motifs is 1. The van der Waals surface area contributed by atoms with Crippen molar-refractivity contribution in [1.29, 1.82) is 0 Å². The van der Waals surface area contributed by atoms with Crippen molar-refractivity contribution in [1.82, 2.24) is 5.32 Å². The zero-order chi connectivity index (χ0) is 22.2. The number of hydrogen-bond acceptors (Lipinski definition) is 4. The Kier molecular flexibility index (Phi) is 5.78. The summed E-state index contributed by atoms with van der Waals surface area (Å²) in [6.07, 6.45) is 3.38. The number of methoxy groups -OCH3 is 1. The van der Waals surface area contributed by atoms with Crippen LogP contribution in [-0.4, -0.2) is 32.0 Å². The Labute approximate surface area is 184 Å². The number of ketones is 1. The van der Waals surface area contributed by atoms with Gasteiger partial charge < -0.3 is 14.8 Å². The fourth-order valence-corrected chi connectivity index (χ4v) is 4.27. The van der Waals surface area contributed by atoms with Crippen LogP contribution in [0.25, 0.3) is 11.1 Å². The third kappa shape index (κ3) is 4.18. The van der Waals surface area contributed by atoms with E-state index < -0.39 is 0 Å². The Hall–Kier alpha value is -2.82. The van der Waals surface area contributed by atoms with Gasteiger partial charge in [0.15, 0.2) is 17.3 Å². The fraction of sp³-hybridized carbons (Fsp3) is 0.462. The summed E-state index contributed by atoms with van der Waals surface area (Å²) in [5, 5.41) is 3.06. The van der Waals surface area contributed by atoms with E-state index in [0.717, 1.165) is 58.6 Å². The van der Waals surface area contributed by atoms with Gasteiger partial charge in [0.2, 0.25) is 5.91 Å². The van der Waals surface area contributed by atoms with Crippen LogP contribution in [-0.2, 0) is 11.2 Å². The van der Waals surface area contributed by atoms with Crippen molar-refractivity contribution >= 4 is 11.7 Å². The van der Waals surface area contributed by atoms with Crippen molar-refractivity contribution < 1.29 is 19.1 Å². The molecule has 2 aromatic rings. The SMILES string of the molecule is COc1c(C)ccc(-c2cccc3c2CCC3=O)c1OCC1(CNC(=O)C(C)C)CC1. The van der Waals surface area contributed by atoms with E-state index in [0.29, 0.717) is 19.6 Å². The van der Waals surface area contributed by atoms with Crippen molar-refractivity contribution in [3.8, 4) is 22.6 Å². The first kappa shape index (κ1) is 21.4. The maximum atomic E-state index is 12.3. The summed E-state index contributed by atoms with van der Waals surface area (Å²) in [4.78, 5) is 24.3. The van der Waals surface area contributed by atoms with Gasteiger partial charge in [-0.3, -0.25) is 9.59 Å². The summed E-state index contributed by atoms with van der Waals surface area (Å²) in [6, 6.07) is 10.0. The van der Waals surface area contributed by atoms with Crippen LogP contribution in [0.3, 0.4) is 0 Å². The molecule has 0 aliphatic heterocycles. The second kappa shape index (κ2) is 8.37. The topological polar surface area (TPSA) is 64.6 Å². The van der Waals surface area contributed by atoms with Crippen molar-refractivity contribution in [3.05, 3.63) is 47.0 Å². The average molecular weight is 422 g/mol. The highest BCUT2D eigenvalue weighted by molar-refractivity contribution is 6.02. The summed E-state index contributed by atoms with van der Waals surface area (Å²) >= 11 is 0. The van der Waals surface area contributed by atoms with E-state index in [4.69, 9.17) is 9.47 Å². The van der Waals surface area contributed by atoms with Gasteiger partial charge in [-0.25, -0.2) is 0 Å². The molecule has 164 valence electrons. The molecular weight excluding hydrogens is 390 g/mol. The van der Waals surface area contributed by atoms with Crippen LogP contribution in [0.5, 0.6) is 11.5 Å². The molecular formula is C26H31NO4. The van der Waals surface area contributed by atoms with Gasteiger partial charge in [-0.15, -0.1) is 0 Å². The molecule has 1 saturated carbocycles. The molecule has 0 bridgehead atoms. The molecule has 0 heterocycles. The van der Waals surface area contributed by atoms with Crippen LogP contribution in [0.4, 0.5) is 0 Å². The number of nitrogens with one attached hydrogen (secondary N) is 1. The number of aryl methyl sites for hydroxylation is 1. The molecule has 2 aromatic carbocycles. The van der Waals surface area contributed by atoms with Crippen molar-refractivity contribution in [2.75, 3.05) is 20.3 Å². The van der Waals surface area contributed by atoms with Gasteiger partial charge in [0.05, 0.1) is 13.7 Å². The zero-order valence-corrected chi connectivity index (χ0v) is 18.8. The van der Waals surface area contributed by atoms with Gasteiger partial charge in [0.25, 0.3) is 0 Å². The third-order valence-corrected chi connectivity index (χ3v) is 6.52. The number of rotatable bonds is 8. The summed E-state index contributed by atoms with van der Waals surface area (Å²) in [5.41, 5.74) is 4.88. The smallest absolute Gasteiger partial charge is 0.222 e.